The number of aryl methyl sites for hydroxylation is 1. The molecule has 1 aliphatic heterocycles. The van der Waals surface area contributed by atoms with Crippen molar-refractivity contribution in [3.8, 4) is 0 Å². The van der Waals surface area contributed by atoms with Crippen LogP contribution in [-0.2, 0) is 21.2 Å². The average Bonchev–Trinajstić information content (AvgIpc) is 3.17. The van der Waals surface area contributed by atoms with Gasteiger partial charge in [0.2, 0.25) is 10.0 Å². The summed E-state index contributed by atoms with van der Waals surface area (Å²) in [4.78, 5) is 16.1. The van der Waals surface area contributed by atoms with Crippen molar-refractivity contribution in [1.82, 2.24) is 14.6 Å². The lowest BCUT2D eigenvalue weighted by atomic mass is 10.1. The van der Waals surface area contributed by atoms with Crippen molar-refractivity contribution in [2.75, 3.05) is 26.4 Å². The van der Waals surface area contributed by atoms with E-state index < -0.39 is 15.8 Å². The Balaban J connectivity index is 1.16. The van der Waals surface area contributed by atoms with Crippen molar-refractivity contribution in [1.29, 1.82) is 0 Å². The van der Waals surface area contributed by atoms with E-state index in [1.165, 1.54) is 23.8 Å². The molecule has 2 N–H and O–H groups in total. The number of oxazole rings is 1. The fraction of sp³-hybridized carbons (Fsp3) is 0.435. The zero-order valence-electron chi connectivity index (χ0n) is 18.0. The lowest BCUT2D eigenvalue weighted by molar-refractivity contribution is 0.0143. The van der Waals surface area contributed by atoms with E-state index in [-0.39, 0.29) is 16.5 Å². The number of H-pyrrole nitrogens is 1. The summed E-state index contributed by atoms with van der Waals surface area (Å²) < 4.78 is 39.0. The summed E-state index contributed by atoms with van der Waals surface area (Å²) in [5.41, 5.74) is 2.06. The van der Waals surface area contributed by atoms with Gasteiger partial charge in [0, 0.05) is 31.8 Å². The van der Waals surface area contributed by atoms with Gasteiger partial charge in [0.15, 0.2) is 5.58 Å². The van der Waals surface area contributed by atoms with E-state index in [0.29, 0.717) is 12.2 Å². The average molecular weight is 460 g/mol. The number of hydrogen-bond donors (Lipinski definition) is 2. The molecule has 4 rings (SSSR count). The normalized spacial score (nSPS) is 16.0. The standard InChI is InChI=1S/C23H29N3O5S/c27-23-24-21-10-9-20(16-22(21)31-23)32(28,29)25-19-11-13-26(14-12-19)17-30-15-5-4-8-18-6-2-1-3-7-18/h1-3,6-7,9-10,16,19,25H,4-5,8,11-15,17H2,(H,24,27). The van der Waals surface area contributed by atoms with Gasteiger partial charge in [-0.1, -0.05) is 30.3 Å². The van der Waals surface area contributed by atoms with Gasteiger partial charge in [-0.2, -0.15) is 0 Å². The molecule has 0 atom stereocenters. The number of aromatic amines is 1. The Hall–Kier alpha value is -2.46. The van der Waals surface area contributed by atoms with Gasteiger partial charge in [-0.3, -0.25) is 9.88 Å². The van der Waals surface area contributed by atoms with Crippen LogP contribution in [0.15, 0.2) is 62.6 Å². The third-order valence-corrected chi connectivity index (χ3v) is 7.25. The molecule has 1 saturated heterocycles. The Morgan fingerprint density at radius 3 is 2.66 bits per heavy atom. The second-order valence-electron chi connectivity index (χ2n) is 8.17. The maximum absolute atomic E-state index is 12.7. The Morgan fingerprint density at radius 1 is 1.09 bits per heavy atom. The van der Waals surface area contributed by atoms with E-state index in [4.69, 9.17) is 9.15 Å². The number of ether oxygens (including phenoxy) is 1. The number of fused-ring (bicyclic) bond motifs is 1. The van der Waals surface area contributed by atoms with Gasteiger partial charge in [-0.25, -0.2) is 17.9 Å². The van der Waals surface area contributed by atoms with Crippen LogP contribution in [0.2, 0.25) is 0 Å². The van der Waals surface area contributed by atoms with E-state index in [2.05, 4.69) is 38.9 Å². The van der Waals surface area contributed by atoms with Gasteiger partial charge in [0.1, 0.15) is 0 Å². The van der Waals surface area contributed by atoms with E-state index in [0.717, 1.165) is 51.8 Å². The van der Waals surface area contributed by atoms with Crippen LogP contribution in [0.3, 0.4) is 0 Å². The molecule has 0 unspecified atom stereocenters. The quantitative estimate of drug-likeness (QED) is 0.452. The SMILES string of the molecule is O=c1[nH]c2ccc(S(=O)(=O)NC3CCN(COCCCCc4ccccc4)CC3)cc2o1. The molecule has 32 heavy (non-hydrogen) atoms. The lowest BCUT2D eigenvalue weighted by Crippen LogP contribution is -2.45. The van der Waals surface area contributed by atoms with Crippen LogP contribution in [0.25, 0.3) is 11.1 Å². The molecule has 8 nitrogen and oxygen atoms in total. The second kappa shape index (κ2) is 10.4. The van der Waals surface area contributed by atoms with Gasteiger partial charge in [-0.05, 0) is 49.8 Å². The Morgan fingerprint density at radius 2 is 1.88 bits per heavy atom. The number of rotatable bonds is 10. The first-order valence-corrected chi connectivity index (χ1v) is 12.5. The number of benzene rings is 2. The predicted octanol–water partition coefficient (Wildman–Crippen LogP) is 2.86. The zero-order chi connectivity index (χ0) is 22.4. The van der Waals surface area contributed by atoms with Crippen molar-refractivity contribution < 1.29 is 17.6 Å². The topological polar surface area (TPSA) is 105 Å². The van der Waals surface area contributed by atoms with Crippen LogP contribution in [0, 0.1) is 0 Å². The van der Waals surface area contributed by atoms with Gasteiger partial charge in [0.05, 0.1) is 17.1 Å². The molecule has 0 radical (unpaired) electrons. The van der Waals surface area contributed by atoms with Crippen LogP contribution in [0.4, 0.5) is 0 Å². The van der Waals surface area contributed by atoms with Crippen molar-refractivity contribution >= 4 is 21.1 Å². The predicted molar refractivity (Wildman–Crippen MR) is 122 cm³/mol. The number of aromatic nitrogens is 1. The third kappa shape index (κ3) is 6.07. The molecule has 172 valence electrons. The van der Waals surface area contributed by atoms with E-state index in [1.54, 1.807) is 0 Å². The Labute approximate surface area is 187 Å². The molecule has 0 aliphatic carbocycles. The molecule has 0 saturated carbocycles. The number of hydrogen-bond acceptors (Lipinski definition) is 6. The lowest BCUT2D eigenvalue weighted by Gasteiger charge is -2.31. The fourth-order valence-corrected chi connectivity index (χ4v) is 5.25. The highest BCUT2D eigenvalue weighted by atomic mass is 32.2. The summed E-state index contributed by atoms with van der Waals surface area (Å²) in [5, 5.41) is 0. The highest BCUT2D eigenvalue weighted by molar-refractivity contribution is 7.89. The van der Waals surface area contributed by atoms with Crippen LogP contribution in [0.5, 0.6) is 0 Å². The van der Waals surface area contributed by atoms with Crippen molar-refractivity contribution in [2.45, 2.75) is 43.0 Å². The number of piperidine rings is 1. The molecule has 2 heterocycles. The molecule has 0 bridgehead atoms. The first-order valence-electron chi connectivity index (χ1n) is 11.0. The molecule has 1 aromatic heterocycles. The van der Waals surface area contributed by atoms with Crippen LogP contribution in [-0.4, -0.2) is 50.8 Å². The van der Waals surface area contributed by atoms with E-state index in [1.807, 2.05) is 6.07 Å². The number of unbranched alkanes of at least 4 members (excludes halogenated alkanes) is 1. The summed E-state index contributed by atoms with van der Waals surface area (Å²) in [5.74, 6) is -0.603. The highest BCUT2D eigenvalue weighted by Crippen LogP contribution is 2.19. The number of nitrogens with zero attached hydrogens (tertiary/aromatic N) is 1. The highest BCUT2D eigenvalue weighted by Gasteiger charge is 2.25. The Bertz CT molecular complexity index is 1170. The summed E-state index contributed by atoms with van der Waals surface area (Å²) in [6.07, 6.45) is 4.64. The second-order valence-corrected chi connectivity index (χ2v) is 9.88. The fourth-order valence-electron chi connectivity index (χ4n) is 3.93. The largest absolute Gasteiger partial charge is 0.417 e. The van der Waals surface area contributed by atoms with E-state index in [9.17, 15) is 13.2 Å². The summed E-state index contributed by atoms with van der Waals surface area (Å²) in [6, 6.07) is 14.7. The molecular weight excluding hydrogens is 430 g/mol. The van der Waals surface area contributed by atoms with Gasteiger partial charge in [0.25, 0.3) is 0 Å². The maximum atomic E-state index is 12.7. The first-order chi connectivity index (χ1) is 15.5. The molecule has 9 heteroatoms. The van der Waals surface area contributed by atoms with Gasteiger partial charge < -0.3 is 9.15 Å². The molecule has 2 aromatic carbocycles. The van der Waals surface area contributed by atoms with Crippen LogP contribution < -0.4 is 10.5 Å². The smallest absolute Gasteiger partial charge is 0.408 e. The van der Waals surface area contributed by atoms with Crippen molar-refractivity contribution in [3.05, 3.63) is 64.6 Å². The molecule has 1 fully saturated rings. The summed E-state index contributed by atoms with van der Waals surface area (Å²) >= 11 is 0. The summed E-state index contributed by atoms with van der Waals surface area (Å²) in [7, 11) is -3.69. The van der Waals surface area contributed by atoms with Crippen molar-refractivity contribution in [3.63, 3.8) is 0 Å². The van der Waals surface area contributed by atoms with E-state index >= 15 is 0 Å². The third-order valence-electron chi connectivity index (χ3n) is 5.73. The minimum Gasteiger partial charge on any atom is -0.408 e. The van der Waals surface area contributed by atoms with Crippen LogP contribution >= 0.6 is 0 Å². The monoisotopic (exact) mass is 459 g/mol. The number of likely N-dealkylation sites (tertiary alicyclic amines) is 1. The molecular formula is C23H29N3O5S. The number of nitrogens with one attached hydrogen (secondary N) is 2. The molecule has 0 amide bonds. The first kappa shape index (κ1) is 22.7. The minimum absolute atomic E-state index is 0.0917. The van der Waals surface area contributed by atoms with Crippen LogP contribution in [0.1, 0.15) is 31.2 Å². The van der Waals surface area contributed by atoms with Gasteiger partial charge >= 0.3 is 5.76 Å². The van der Waals surface area contributed by atoms with Crippen molar-refractivity contribution in [2.24, 2.45) is 0 Å². The molecule has 0 spiro atoms. The van der Waals surface area contributed by atoms with Gasteiger partial charge in [-0.15, -0.1) is 0 Å². The Kier molecular flexibility index (Phi) is 7.41. The summed E-state index contributed by atoms with van der Waals surface area (Å²) in [6.45, 7) is 2.87. The molecule has 1 aliphatic rings. The number of sulfonamides is 1. The maximum Gasteiger partial charge on any atom is 0.417 e. The zero-order valence-corrected chi connectivity index (χ0v) is 18.8. The molecule has 3 aromatic rings. The minimum atomic E-state index is -3.69.